The maximum absolute atomic E-state index is 13.9. The van der Waals surface area contributed by atoms with E-state index in [9.17, 15) is 8.78 Å². The lowest BCUT2D eigenvalue weighted by atomic mass is 10.0. The van der Waals surface area contributed by atoms with Crippen LogP contribution in [0.2, 0.25) is 0 Å². The molecule has 0 spiro atoms. The molecule has 1 rings (SSSR count). The summed E-state index contributed by atoms with van der Waals surface area (Å²) >= 11 is 3.06. The van der Waals surface area contributed by atoms with Crippen LogP contribution in [0.15, 0.2) is 16.6 Å². The van der Waals surface area contributed by atoms with Crippen molar-refractivity contribution in [3.8, 4) is 0 Å². The minimum Gasteiger partial charge on any atom is -0.354 e. The molecule has 1 unspecified atom stereocenters. The number of ether oxygens (including phenoxy) is 2. The van der Waals surface area contributed by atoms with Crippen molar-refractivity contribution in [2.45, 2.75) is 25.7 Å². The standard InChI is InChI=1S/C13H18BrF2NO2/c1-4-17-11(13(18-2)19-3)7-8-10(15)6-5-9(14)12(8)16/h5-6,11,13,17H,4,7H2,1-3H3. The SMILES string of the molecule is CCNC(Cc1c(F)ccc(Br)c1F)C(OC)OC. The molecule has 6 heteroatoms. The molecule has 1 N–H and O–H groups in total. The summed E-state index contributed by atoms with van der Waals surface area (Å²) in [7, 11) is 2.98. The van der Waals surface area contributed by atoms with Gasteiger partial charge in [0.25, 0.3) is 0 Å². The number of benzene rings is 1. The smallest absolute Gasteiger partial charge is 0.172 e. The molecule has 1 atom stereocenters. The molecule has 0 aliphatic rings. The van der Waals surface area contributed by atoms with Crippen LogP contribution in [-0.4, -0.2) is 33.1 Å². The van der Waals surface area contributed by atoms with Crippen LogP contribution in [0.5, 0.6) is 0 Å². The summed E-state index contributed by atoms with van der Waals surface area (Å²) in [5.41, 5.74) is 0.0134. The van der Waals surface area contributed by atoms with Gasteiger partial charge in [-0.15, -0.1) is 0 Å². The third kappa shape index (κ3) is 4.21. The van der Waals surface area contributed by atoms with Gasteiger partial charge in [0.15, 0.2) is 6.29 Å². The van der Waals surface area contributed by atoms with Crippen LogP contribution in [0, 0.1) is 11.6 Å². The van der Waals surface area contributed by atoms with Gasteiger partial charge in [0.1, 0.15) is 11.6 Å². The first kappa shape index (κ1) is 16.5. The Balaban J connectivity index is 2.99. The van der Waals surface area contributed by atoms with Gasteiger partial charge < -0.3 is 14.8 Å². The maximum atomic E-state index is 13.9. The maximum Gasteiger partial charge on any atom is 0.172 e. The molecule has 1 aromatic rings. The average molecular weight is 338 g/mol. The zero-order valence-corrected chi connectivity index (χ0v) is 12.8. The van der Waals surface area contributed by atoms with Crippen LogP contribution in [0.25, 0.3) is 0 Å². The molecule has 0 aliphatic carbocycles. The molecule has 0 aromatic heterocycles. The molecule has 0 aliphatic heterocycles. The van der Waals surface area contributed by atoms with E-state index in [1.807, 2.05) is 6.92 Å². The van der Waals surface area contributed by atoms with Gasteiger partial charge in [0.05, 0.1) is 10.5 Å². The highest BCUT2D eigenvalue weighted by molar-refractivity contribution is 9.10. The van der Waals surface area contributed by atoms with E-state index in [2.05, 4.69) is 21.2 Å². The van der Waals surface area contributed by atoms with Crippen LogP contribution in [0.4, 0.5) is 8.78 Å². The highest BCUT2D eigenvalue weighted by atomic mass is 79.9. The summed E-state index contributed by atoms with van der Waals surface area (Å²) in [5, 5.41) is 3.11. The lowest BCUT2D eigenvalue weighted by Crippen LogP contribution is -2.43. The van der Waals surface area contributed by atoms with E-state index in [-0.39, 0.29) is 22.5 Å². The highest BCUT2D eigenvalue weighted by Gasteiger charge is 2.24. The molecule has 0 fully saturated rings. The Hall–Kier alpha value is -0.560. The van der Waals surface area contributed by atoms with Crippen LogP contribution >= 0.6 is 15.9 Å². The summed E-state index contributed by atoms with van der Waals surface area (Å²) < 4.78 is 38.2. The third-order valence-corrected chi connectivity index (χ3v) is 3.43. The van der Waals surface area contributed by atoms with Crippen LogP contribution in [0.3, 0.4) is 0 Å². The average Bonchev–Trinajstić information content (AvgIpc) is 2.40. The number of hydrogen-bond donors (Lipinski definition) is 1. The molecule has 0 saturated heterocycles. The lowest BCUT2D eigenvalue weighted by molar-refractivity contribution is -0.122. The number of hydrogen-bond acceptors (Lipinski definition) is 3. The van der Waals surface area contributed by atoms with E-state index in [1.54, 1.807) is 0 Å². The topological polar surface area (TPSA) is 30.5 Å². The van der Waals surface area contributed by atoms with Gasteiger partial charge >= 0.3 is 0 Å². The molecule has 1 aromatic carbocycles. The van der Waals surface area contributed by atoms with E-state index in [4.69, 9.17) is 9.47 Å². The number of rotatable bonds is 7. The fourth-order valence-corrected chi connectivity index (χ4v) is 2.30. The van der Waals surface area contributed by atoms with Crippen molar-refractivity contribution in [1.29, 1.82) is 0 Å². The fourth-order valence-electron chi connectivity index (χ4n) is 1.93. The van der Waals surface area contributed by atoms with Crippen LogP contribution in [0.1, 0.15) is 12.5 Å². The van der Waals surface area contributed by atoms with Crippen molar-refractivity contribution >= 4 is 15.9 Å². The van der Waals surface area contributed by atoms with Gasteiger partial charge in [-0.1, -0.05) is 6.92 Å². The largest absolute Gasteiger partial charge is 0.354 e. The Bertz CT molecular complexity index is 414. The van der Waals surface area contributed by atoms with Gasteiger partial charge in [-0.3, -0.25) is 0 Å². The van der Waals surface area contributed by atoms with Crippen molar-refractivity contribution in [3.63, 3.8) is 0 Å². The second-order valence-electron chi connectivity index (χ2n) is 4.03. The van der Waals surface area contributed by atoms with Gasteiger partial charge in [-0.2, -0.15) is 0 Å². The summed E-state index contributed by atoms with van der Waals surface area (Å²) in [5.74, 6) is -1.16. The van der Waals surface area contributed by atoms with Crippen molar-refractivity contribution in [3.05, 3.63) is 33.8 Å². The van der Waals surface area contributed by atoms with Crippen molar-refractivity contribution < 1.29 is 18.3 Å². The first-order valence-electron chi connectivity index (χ1n) is 5.96. The molecule has 0 saturated carbocycles. The van der Waals surface area contributed by atoms with E-state index in [0.29, 0.717) is 6.54 Å². The third-order valence-electron chi connectivity index (χ3n) is 2.82. The van der Waals surface area contributed by atoms with Gasteiger partial charge in [-0.25, -0.2) is 8.78 Å². The van der Waals surface area contributed by atoms with E-state index in [0.717, 1.165) is 0 Å². The van der Waals surface area contributed by atoms with Gasteiger partial charge in [0, 0.05) is 19.8 Å². The first-order valence-corrected chi connectivity index (χ1v) is 6.75. The predicted octanol–water partition coefficient (Wildman–Crippen LogP) is 2.87. The first-order chi connectivity index (χ1) is 9.04. The van der Waals surface area contributed by atoms with Crippen LogP contribution in [-0.2, 0) is 15.9 Å². The zero-order valence-electron chi connectivity index (χ0n) is 11.2. The van der Waals surface area contributed by atoms with E-state index < -0.39 is 17.9 Å². The van der Waals surface area contributed by atoms with Crippen molar-refractivity contribution in [2.75, 3.05) is 20.8 Å². The highest BCUT2D eigenvalue weighted by Crippen LogP contribution is 2.23. The van der Waals surface area contributed by atoms with Crippen LogP contribution < -0.4 is 5.32 Å². The normalized spacial score (nSPS) is 13.0. The number of methoxy groups -OCH3 is 2. The second kappa shape index (κ2) is 7.89. The van der Waals surface area contributed by atoms with Crippen molar-refractivity contribution in [2.24, 2.45) is 0 Å². The number of halogens is 3. The minimum absolute atomic E-state index is 0.0134. The van der Waals surface area contributed by atoms with E-state index in [1.165, 1.54) is 26.4 Å². The molecular weight excluding hydrogens is 320 g/mol. The Labute approximate surface area is 120 Å². The molecule has 0 radical (unpaired) electrons. The van der Waals surface area contributed by atoms with Gasteiger partial charge in [0.2, 0.25) is 0 Å². The zero-order chi connectivity index (χ0) is 14.4. The molecular formula is C13H18BrF2NO2. The Morgan fingerprint density at radius 1 is 1.26 bits per heavy atom. The molecule has 0 amide bonds. The van der Waals surface area contributed by atoms with Gasteiger partial charge in [-0.05, 0) is 41.0 Å². The Morgan fingerprint density at radius 2 is 1.89 bits per heavy atom. The Morgan fingerprint density at radius 3 is 2.42 bits per heavy atom. The summed E-state index contributed by atoms with van der Waals surface area (Å²) in [6.07, 6.45) is -0.435. The summed E-state index contributed by atoms with van der Waals surface area (Å²) in [4.78, 5) is 0. The second-order valence-corrected chi connectivity index (χ2v) is 4.88. The molecule has 19 heavy (non-hydrogen) atoms. The molecule has 108 valence electrons. The minimum atomic E-state index is -0.589. The summed E-state index contributed by atoms with van der Waals surface area (Å²) in [6, 6.07) is 2.25. The summed E-state index contributed by atoms with van der Waals surface area (Å²) in [6.45, 7) is 2.55. The number of likely N-dealkylation sites (N-methyl/N-ethyl adjacent to an activating group) is 1. The Kier molecular flexibility index (Phi) is 6.85. The lowest BCUT2D eigenvalue weighted by Gasteiger charge is -2.26. The molecule has 0 heterocycles. The van der Waals surface area contributed by atoms with Crippen molar-refractivity contribution in [1.82, 2.24) is 5.32 Å². The van der Waals surface area contributed by atoms with E-state index >= 15 is 0 Å². The monoisotopic (exact) mass is 337 g/mol. The number of nitrogens with one attached hydrogen (secondary N) is 1. The molecule has 3 nitrogen and oxygen atoms in total. The molecule has 0 bridgehead atoms. The fraction of sp³-hybridized carbons (Fsp3) is 0.538. The quantitative estimate of drug-likeness (QED) is 0.613. The predicted molar refractivity (Wildman–Crippen MR) is 73.0 cm³/mol.